The molecule has 0 aliphatic carbocycles. The highest BCUT2D eigenvalue weighted by molar-refractivity contribution is 7.98. The predicted molar refractivity (Wildman–Crippen MR) is 86.5 cm³/mol. The first-order valence-electron chi connectivity index (χ1n) is 7.56. The van der Waals surface area contributed by atoms with Crippen molar-refractivity contribution in [3.8, 4) is 0 Å². The van der Waals surface area contributed by atoms with Gasteiger partial charge in [-0.25, -0.2) is 9.66 Å². The fourth-order valence-electron chi connectivity index (χ4n) is 2.73. The lowest BCUT2D eigenvalue weighted by atomic mass is 10.00. The number of hydrogen-bond acceptors (Lipinski definition) is 7. The van der Waals surface area contributed by atoms with Gasteiger partial charge in [-0.3, -0.25) is 0 Å². The van der Waals surface area contributed by atoms with Gasteiger partial charge in [0, 0.05) is 19.1 Å². The van der Waals surface area contributed by atoms with E-state index in [4.69, 9.17) is 15.0 Å². The number of oxazole rings is 1. The second-order valence-electron chi connectivity index (χ2n) is 5.46. The highest BCUT2D eigenvalue weighted by Crippen LogP contribution is 2.28. The quantitative estimate of drug-likeness (QED) is 0.579. The van der Waals surface area contributed by atoms with E-state index in [-0.39, 0.29) is 0 Å². The molecule has 23 heavy (non-hydrogen) atoms. The molecular formula is C15H17N5O2S. The van der Waals surface area contributed by atoms with Gasteiger partial charge < -0.3 is 15.0 Å². The molecular weight excluding hydrogens is 314 g/mol. The molecule has 8 heteroatoms. The molecule has 1 saturated heterocycles. The van der Waals surface area contributed by atoms with Crippen molar-refractivity contribution in [2.45, 2.75) is 29.7 Å². The van der Waals surface area contributed by atoms with E-state index in [1.807, 2.05) is 24.3 Å². The van der Waals surface area contributed by atoms with Gasteiger partial charge in [-0.1, -0.05) is 23.9 Å². The Bertz CT molecular complexity index is 776. The number of nitrogens with zero attached hydrogens (tertiary/aromatic N) is 4. The summed E-state index contributed by atoms with van der Waals surface area (Å²) in [6.45, 7) is 1.51. The number of thioether (sulfide) groups is 1. The maximum absolute atomic E-state index is 6.15. The van der Waals surface area contributed by atoms with Crippen LogP contribution < -0.4 is 5.84 Å². The van der Waals surface area contributed by atoms with Crippen LogP contribution in [0, 0.1) is 0 Å². The van der Waals surface area contributed by atoms with Crippen LogP contribution in [0.4, 0.5) is 0 Å². The molecule has 1 aliphatic rings. The van der Waals surface area contributed by atoms with Gasteiger partial charge in [-0.2, -0.15) is 0 Å². The van der Waals surface area contributed by atoms with Crippen LogP contribution in [0.25, 0.3) is 11.1 Å². The molecule has 0 saturated carbocycles. The van der Waals surface area contributed by atoms with Crippen LogP contribution in [0.15, 0.2) is 33.8 Å². The number of benzene rings is 1. The van der Waals surface area contributed by atoms with Crippen LogP contribution in [0.1, 0.15) is 30.5 Å². The number of fused-ring (bicyclic) bond motifs is 1. The molecule has 0 bridgehead atoms. The molecule has 7 nitrogen and oxygen atoms in total. The first kappa shape index (κ1) is 14.5. The number of aromatic nitrogens is 4. The average molecular weight is 331 g/mol. The molecule has 2 aromatic heterocycles. The van der Waals surface area contributed by atoms with Crippen molar-refractivity contribution in [2.24, 2.45) is 0 Å². The van der Waals surface area contributed by atoms with Crippen molar-refractivity contribution in [3.63, 3.8) is 0 Å². The molecule has 1 aromatic carbocycles. The Kier molecular flexibility index (Phi) is 3.92. The second-order valence-corrected chi connectivity index (χ2v) is 6.40. The second kappa shape index (κ2) is 6.21. The zero-order valence-corrected chi connectivity index (χ0v) is 13.3. The predicted octanol–water partition coefficient (Wildman–Crippen LogP) is 2.32. The van der Waals surface area contributed by atoms with Crippen LogP contribution in [0.3, 0.4) is 0 Å². The molecule has 0 atom stereocenters. The Morgan fingerprint density at radius 3 is 2.87 bits per heavy atom. The topological polar surface area (TPSA) is 92.0 Å². The van der Waals surface area contributed by atoms with Crippen molar-refractivity contribution in [1.29, 1.82) is 0 Å². The van der Waals surface area contributed by atoms with E-state index < -0.39 is 0 Å². The summed E-state index contributed by atoms with van der Waals surface area (Å²) in [5.41, 5.74) is 1.65. The number of rotatable bonds is 4. The molecule has 2 N–H and O–H groups in total. The monoisotopic (exact) mass is 331 g/mol. The van der Waals surface area contributed by atoms with Gasteiger partial charge in [0.15, 0.2) is 11.4 Å². The maximum atomic E-state index is 6.15. The lowest BCUT2D eigenvalue weighted by Crippen LogP contribution is -2.22. The summed E-state index contributed by atoms with van der Waals surface area (Å²) >= 11 is 1.48. The molecule has 1 aliphatic heterocycles. The average Bonchev–Trinajstić information content (AvgIpc) is 3.17. The number of ether oxygens (including phenoxy) is 1. The number of nitrogen functional groups attached to an aromatic ring is 1. The Hall–Kier alpha value is -2.06. The summed E-state index contributed by atoms with van der Waals surface area (Å²) in [5.74, 6) is 8.53. The van der Waals surface area contributed by atoms with Crippen LogP contribution in [0.5, 0.6) is 0 Å². The van der Waals surface area contributed by atoms with Crippen molar-refractivity contribution in [2.75, 3.05) is 19.1 Å². The lowest BCUT2D eigenvalue weighted by molar-refractivity contribution is 0.0830. The van der Waals surface area contributed by atoms with Gasteiger partial charge in [-0.15, -0.1) is 10.2 Å². The van der Waals surface area contributed by atoms with Crippen LogP contribution in [-0.4, -0.2) is 33.1 Å². The zero-order chi connectivity index (χ0) is 15.6. The van der Waals surface area contributed by atoms with Gasteiger partial charge in [0.05, 0.1) is 5.75 Å². The van der Waals surface area contributed by atoms with Crippen LogP contribution in [-0.2, 0) is 10.5 Å². The minimum atomic E-state index is 0.319. The third kappa shape index (κ3) is 2.91. The summed E-state index contributed by atoms with van der Waals surface area (Å²) in [5, 5.41) is 9.13. The molecule has 0 amide bonds. The maximum Gasteiger partial charge on any atom is 0.210 e. The van der Waals surface area contributed by atoms with Gasteiger partial charge in [0.1, 0.15) is 5.52 Å². The number of hydrogen-bond donors (Lipinski definition) is 1. The van der Waals surface area contributed by atoms with Gasteiger partial charge in [0.25, 0.3) is 0 Å². The molecule has 3 heterocycles. The van der Waals surface area contributed by atoms with Crippen molar-refractivity contribution in [3.05, 3.63) is 36.0 Å². The van der Waals surface area contributed by atoms with Crippen molar-refractivity contribution in [1.82, 2.24) is 19.9 Å². The van der Waals surface area contributed by atoms with Crippen molar-refractivity contribution >= 4 is 22.9 Å². The Morgan fingerprint density at radius 2 is 2.04 bits per heavy atom. The highest BCUT2D eigenvalue weighted by atomic mass is 32.2. The third-order valence-electron chi connectivity index (χ3n) is 3.94. The molecule has 1 fully saturated rings. The van der Waals surface area contributed by atoms with Crippen molar-refractivity contribution < 1.29 is 9.15 Å². The molecule has 4 rings (SSSR count). The summed E-state index contributed by atoms with van der Waals surface area (Å²) < 4.78 is 12.7. The lowest BCUT2D eigenvalue weighted by Gasteiger charge is -2.20. The molecule has 0 unspecified atom stereocenters. The summed E-state index contributed by atoms with van der Waals surface area (Å²) in [7, 11) is 0. The third-order valence-corrected chi connectivity index (χ3v) is 4.87. The van der Waals surface area contributed by atoms with E-state index in [2.05, 4.69) is 15.2 Å². The molecule has 3 aromatic rings. The highest BCUT2D eigenvalue weighted by Gasteiger charge is 2.23. The SMILES string of the molecule is Nn1c(SCc2nc3ccccc3o2)nnc1C1CCOCC1. The number of nitrogens with two attached hydrogens (primary N) is 1. The Labute approximate surface area is 137 Å². The normalized spacial score (nSPS) is 16.2. The minimum absolute atomic E-state index is 0.319. The first-order valence-corrected chi connectivity index (χ1v) is 8.55. The minimum Gasteiger partial charge on any atom is -0.440 e. The Balaban J connectivity index is 1.47. The van der Waals surface area contributed by atoms with E-state index in [1.165, 1.54) is 11.8 Å². The van der Waals surface area contributed by atoms with E-state index in [9.17, 15) is 0 Å². The molecule has 0 spiro atoms. The standard InChI is InChI=1S/C15H17N5O2S/c16-20-14(10-5-7-21-8-6-10)18-19-15(20)23-9-13-17-11-3-1-2-4-12(11)22-13/h1-4,10H,5-9,16H2. The zero-order valence-electron chi connectivity index (χ0n) is 12.5. The van der Waals surface area contributed by atoms with Crippen LogP contribution in [0.2, 0.25) is 0 Å². The molecule has 0 radical (unpaired) electrons. The summed E-state index contributed by atoms with van der Waals surface area (Å²) in [4.78, 5) is 4.45. The van der Waals surface area contributed by atoms with Gasteiger partial charge in [0.2, 0.25) is 11.0 Å². The number of para-hydroxylation sites is 2. The van der Waals surface area contributed by atoms with E-state index in [0.29, 0.717) is 22.7 Å². The van der Waals surface area contributed by atoms with E-state index >= 15 is 0 Å². The smallest absolute Gasteiger partial charge is 0.210 e. The van der Waals surface area contributed by atoms with E-state index in [1.54, 1.807) is 4.68 Å². The summed E-state index contributed by atoms with van der Waals surface area (Å²) in [6.07, 6.45) is 1.87. The van der Waals surface area contributed by atoms with Gasteiger partial charge in [-0.05, 0) is 25.0 Å². The largest absolute Gasteiger partial charge is 0.440 e. The van der Waals surface area contributed by atoms with Crippen LogP contribution >= 0.6 is 11.8 Å². The van der Waals surface area contributed by atoms with E-state index in [0.717, 1.165) is 43.0 Å². The fourth-order valence-corrected chi connectivity index (χ4v) is 3.44. The first-order chi connectivity index (χ1) is 11.3. The molecule has 120 valence electrons. The Morgan fingerprint density at radius 1 is 1.22 bits per heavy atom. The summed E-state index contributed by atoms with van der Waals surface area (Å²) in [6, 6.07) is 7.71. The fraction of sp³-hybridized carbons (Fsp3) is 0.400. The van der Waals surface area contributed by atoms with Gasteiger partial charge >= 0.3 is 0 Å².